The molecular formula is C22H25N5O2. The average molecular weight is 391 g/mol. The van der Waals surface area contributed by atoms with Crippen LogP contribution in [0.2, 0.25) is 0 Å². The van der Waals surface area contributed by atoms with Crippen molar-refractivity contribution >= 4 is 5.91 Å². The van der Waals surface area contributed by atoms with Gasteiger partial charge in [0.1, 0.15) is 5.69 Å². The highest BCUT2D eigenvalue weighted by molar-refractivity contribution is 5.93. The van der Waals surface area contributed by atoms with Gasteiger partial charge in [0.2, 0.25) is 0 Å². The van der Waals surface area contributed by atoms with Gasteiger partial charge in [-0.05, 0) is 44.2 Å². The minimum absolute atomic E-state index is 0.109. The van der Waals surface area contributed by atoms with Crippen molar-refractivity contribution < 1.29 is 4.79 Å². The predicted molar refractivity (Wildman–Crippen MR) is 111 cm³/mol. The monoisotopic (exact) mass is 391 g/mol. The van der Waals surface area contributed by atoms with Crippen molar-refractivity contribution in [3.63, 3.8) is 0 Å². The number of benzene rings is 1. The lowest BCUT2D eigenvalue weighted by Gasteiger charge is -2.16. The number of aryl methyl sites for hydroxylation is 4. The number of aromatic nitrogens is 4. The predicted octanol–water partition coefficient (Wildman–Crippen LogP) is 2.26. The van der Waals surface area contributed by atoms with Crippen LogP contribution >= 0.6 is 0 Å². The SMILES string of the molecule is Cc1ccc(-c2cc(C(=O)NCCn3nc4c(cc3=O)CCCC4)n(C)n2)cc1. The minimum Gasteiger partial charge on any atom is -0.349 e. The van der Waals surface area contributed by atoms with Crippen LogP contribution < -0.4 is 10.9 Å². The second-order valence-corrected chi connectivity index (χ2v) is 7.55. The quantitative estimate of drug-likeness (QED) is 0.723. The summed E-state index contributed by atoms with van der Waals surface area (Å²) in [5.74, 6) is -0.218. The molecule has 1 aromatic carbocycles. The number of nitrogens with one attached hydrogen (secondary N) is 1. The lowest BCUT2D eigenvalue weighted by molar-refractivity contribution is 0.0942. The molecule has 0 bridgehead atoms. The summed E-state index contributed by atoms with van der Waals surface area (Å²) in [7, 11) is 1.75. The molecule has 1 N–H and O–H groups in total. The second-order valence-electron chi connectivity index (χ2n) is 7.55. The zero-order valence-corrected chi connectivity index (χ0v) is 16.8. The largest absolute Gasteiger partial charge is 0.349 e. The van der Waals surface area contributed by atoms with Crippen molar-refractivity contribution in [3.05, 3.63) is 69.3 Å². The van der Waals surface area contributed by atoms with Gasteiger partial charge in [0, 0.05) is 25.2 Å². The fourth-order valence-corrected chi connectivity index (χ4v) is 3.67. The van der Waals surface area contributed by atoms with Crippen molar-refractivity contribution in [1.29, 1.82) is 0 Å². The summed E-state index contributed by atoms with van der Waals surface area (Å²) in [6.07, 6.45) is 4.07. The molecule has 3 aromatic rings. The van der Waals surface area contributed by atoms with Gasteiger partial charge >= 0.3 is 0 Å². The van der Waals surface area contributed by atoms with Crippen molar-refractivity contribution in [1.82, 2.24) is 24.9 Å². The smallest absolute Gasteiger partial charge is 0.269 e. The van der Waals surface area contributed by atoms with E-state index in [9.17, 15) is 9.59 Å². The Morgan fingerprint density at radius 1 is 1.10 bits per heavy atom. The fraction of sp³-hybridized carbons (Fsp3) is 0.364. The Morgan fingerprint density at radius 2 is 1.86 bits per heavy atom. The van der Waals surface area contributed by atoms with E-state index in [-0.39, 0.29) is 11.5 Å². The first-order valence-corrected chi connectivity index (χ1v) is 10.0. The van der Waals surface area contributed by atoms with Gasteiger partial charge in [0.05, 0.1) is 17.9 Å². The van der Waals surface area contributed by atoms with Gasteiger partial charge in [-0.15, -0.1) is 0 Å². The summed E-state index contributed by atoms with van der Waals surface area (Å²) in [4.78, 5) is 24.8. The lowest BCUT2D eigenvalue weighted by Crippen LogP contribution is -2.33. The van der Waals surface area contributed by atoms with Crippen molar-refractivity contribution in [3.8, 4) is 11.3 Å². The molecule has 2 aromatic heterocycles. The van der Waals surface area contributed by atoms with Crippen LogP contribution in [0.1, 0.15) is 40.2 Å². The first kappa shape index (κ1) is 19.1. The standard InChI is InChI=1S/C22H25N5O2/c1-15-7-9-16(10-8-15)19-14-20(26(2)24-19)22(29)23-11-12-27-21(28)13-17-5-3-4-6-18(17)25-27/h7-10,13-14H,3-6,11-12H2,1-2H3,(H,23,29). The van der Waals surface area contributed by atoms with Gasteiger partial charge < -0.3 is 5.32 Å². The van der Waals surface area contributed by atoms with Crippen molar-refractivity contribution in [2.24, 2.45) is 7.05 Å². The maximum Gasteiger partial charge on any atom is 0.269 e. The average Bonchev–Trinajstić information content (AvgIpc) is 3.10. The molecule has 150 valence electrons. The van der Waals surface area contributed by atoms with Crippen molar-refractivity contribution in [2.45, 2.75) is 39.2 Å². The van der Waals surface area contributed by atoms with Crippen LogP contribution in [0, 0.1) is 6.92 Å². The number of nitrogens with zero attached hydrogens (tertiary/aromatic N) is 4. The molecule has 1 aliphatic carbocycles. The Balaban J connectivity index is 1.42. The Kier molecular flexibility index (Phi) is 5.29. The second kappa shape index (κ2) is 8.03. The molecule has 0 saturated heterocycles. The molecule has 2 heterocycles. The zero-order valence-electron chi connectivity index (χ0n) is 16.8. The van der Waals surface area contributed by atoms with Crippen LogP contribution in [0.4, 0.5) is 0 Å². The van der Waals surface area contributed by atoms with Gasteiger partial charge in [-0.2, -0.15) is 10.2 Å². The first-order valence-electron chi connectivity index (χ1n) is 10.0. The van der Waals surface area contributed by atoms with Crippen LogP contribution in [0.15, 0.2) is 41.2 Å². The Morgan fingerprint density at radius 3 is 2.66 bits per heavy atom. The number of carbonyl (C=O) groups is 1. The maximum absolute atomic E-state index is 12.6. The first-order chi connectivity index (χ1) is 14.0. The summed E-state index contributed by atoms with van der Waals surface area (Å²) < 4.78 is 3.03. The van der Waals surface area contributed by atoms with Crippen molar-refractivity contribution in [2.75, 3.05) is 6.54 Å². The maximum atomic E-state index is 12.6. The third-order valence-electron chi connectivity index (χ3n) is 5.34. The van der Waals surface area contributed by atoms with Crippen LogP contribution in [0.5, 0.6) is 0 Å². The van der Waals surface area contributed by atoms with Gasteiger partial charge in [0.15, 0.2) is 0 Å². The number of amides is 1. The van der Waals surface area contributed by atoms with Gasteiger partial charge in [0.25, 0.3) is 11.5 Å². The van der Waals surface area contributed by atoms with E-state index in [0.717, 1.165) is 48.2 Å². The molecule has 0 aliphatic heterocycles. The van der Waals surface area contributed by atoms with E-state index in [1.807, 2.05) is 31.2 Å². The molecule has 0 saturated carbocycles. The van der Waals surface area contributed by atoms with Crippen LogP contribution in [0.25, 0.3) is 11.3 Å². The summed E-state index contributed by atoms with van der Waals surface area (Å²) in [6.45, 7) is 2.71. The van der Waals surface area contributed by atoms with E-state index in [4.69, 9.17) is 0 Å². The molecular weight excluding hydrogens is 366 g/mol. The van der Waals surface area contributed by atoms with Gasteiger partial charge in [-0.25, -0.2) is 4.68 Å². The number of rotatable bonds is 5. The highest BCUT2D eigenvalue weighted by Gasteiger charge is 2.15. The topological polar surface area (TPSA) is 81.8 Å². The molecule has 1 aliphatic rings. The minimum atomic E-state index is -0.218. The molecule has 0 radical (unpaired) electrons. The summed E-state index contributed by atoms with van der Waals surface area (Å²) in [6, 6.07) is 11.5. The Hall–Kier alpha value is -3.22. The highest BCUT2D eigenvalue weighted by atomic mass is 16.2. The highest BCUT2D eigenvalue weighted by Crippen LogP contribution is 2.19. The third-order valence-corrected chi connectivity index (χ3v) is 5.34. The van der Waals surface area contributed by atoms with E-state index < -0.39 is 0 Å². The molecule has 0 spiro atoms. The van der Waals surface area contributed by atoms with E-state index in [0.29, 0.717) is 18.8 Å². The Labute approximate surface area is 169 Å². The number of hydrogen-bond acceptors (Lipinski definition) is 4. The molecule has 0 unspecified atom stereocenters. The normalized spacial score (nSPS) is 13.2. The lowest BCUT2D eigenvalue weighted by atomic mass is 9.97. The number of fused-ring (bicyclic) bond motifs is 1. The summed E-state index contributed by atoms with van der Waals surface area (Å²) in [5, 5.41) is 11.8. The Bertz CT molecular complexity index is 1100. The number of hydrogen-bond donors (Lipinski definition) is 1. The molecule has 1 amide bonds. The van der Waals surface area contributed by atoms with E-state index in [1.165, 1.54) is 10.2 Å². The zero-order chi connectivity index (χ0) is 20.4. The number of carbonyl (C=O) groups excluding carboxylic acids is 1. The fourth-order valence-electron chi connectivity index (χ4n) is 3.67. The van der Waals surface area contributed by atoms with Crippen LogP contribution in [-0.4, -0.2) is 32.0 Å². The van der Waals surface area contributed by atoms with Gasteiger partial charge in [-0.3, -0.25) is 14.3 Å². The molecule has 0 atom stereocenters. The molecule has 29 heavy (non-hydrogen) atoms. The van der Waals surface area contributed by atoms with E-state index in [2.05, 4.69) is 15.5 Å². The van der Waals surface area contributed by atoms with E-state index in [1.54, 1.807) is 23.9 Å². The van der Waals surface area contributed by atoms with Crippen LogP contribution in [0.3, 0.4) is 0 Å². The van der Waals surface area contributed by atoms with E-state index >= 15 is 0 Å². The molecule has 7 heteroatoms. The summed E-state index contributed by atoms with van der Waals surface area (Å²) >= 11 is 0. The summed E-state index contributed by atoms with van der Waals surface area (Å²) in [5.41, 5.74) is 5.35. The molecule has 4 rings (SSSR count). The van der Waals surface area contributed by atoms with Gasteiger partial charge in [-0.1, -0.05) is 29.8 Å². The molecule has 7 nitrogen and oxygen atoms in total. The molecule has 0 fully saturated rings. The van der Waals surface area contributed by atoms with Crippen LogP contribution in [-0.2, 0) is 26.4 Å². The third kappa shape index (κ3) is 4.13.